The largest absolute Gasteiger partial charge is 0.316 e. The first-order valence-electron chi connectivity index (χ1n) is 4.61. The van der Waals surface area contributed by atoms with Crippen LogP contribution in [0.1, 0.15) is 24.0 Å². The molecule has 1 aliphatic heterocycles. The second-order valence-corrected chi connectivity index (χ2v) is 3.92. The highest BCUT2D eigenvalue weighted by atomic mass is 16.1. The summed E-state index contributed by atoms with van der Waals surface area (Å²) in [6.07, 6.45) is 0.837. The predicted molar refractivity (Wildman–Crippen MR) is 48.7 cm³/mol. The van der Waals surface area contributed by atoms with E-state index in [2.05, 4.69) is 20.7 Å². The van der Waals surface area contributed by atoms with Crippen molar-refractivity contribution in [3.05, 3.63) is 5.82 Å². The summed E-state index contributed by atoms with van der Waals surface area (Å²) in [6.45, 7) is 3.51. The van der Waals surface area contributed by atoms with E-state index in [9.17, 15) is 4.79 Å². The lowest BCUT2D eigenvalue weighted by Crippen LogP contribution is -2.31. The molecule has 0 amide bonds. The molecule has 1 aromatic rings. The Bertz CT molecular complexity index is 352. The van der Waals surface area contributed by atoms with Crippen LogP contribution < -0.4 is 5.32 Å². The average Bonchev–Trinajstić information content (AvgIpc) is 2.74. The van der Waals surface area contributed by atoms with Crippen LogP contribution in [0.25, 0.3) is 0 Å². The van der Waals surface area contributed by atoms with Gasteiger partial charge in [0.25, 0.3) is 0 Å². The molecule has 0 bridgehead atoms. The topological polar surface area (TPSA) is 72.7 Å². The zero-order valence-electron chi connectivity index (χ0n) is 8.32. The molecule has 0 spiro atoms. The van der Waals surface area contributed by atoms with Gasteiger partial charge in [-0.3, -0.25) is 4.79 Å². The highest BCUT2D eigenvalue weighted by molar-refractivity contribution is 5.97. The third-order valence-electron chi connectivity index (χ3n) is 2.63. The maximum atomic E-state index is 12.0. The summed E-state index contributed by atoms with van der Waals surface area (Å²) in [4.78, 5) is 13.3. The van der Waals surface area contributed by atoms with E-state index in [0.29, 0.717) is 6.54 Å². The zero-order chi connectivity index (χ0) is 10.2. The maximum Gasteiger partial charge on any atom is 0.241 e. The minimum absolute atomic E-state index is 0.0180. The van der Waals surface area contributed by atoms with E-state index in [0.717, 1.165) is 13.0 Å². The summed E-state index contributed by atoms with van der Waals surface area (Å²) < 4.78 is 0. The summed E-state index contributed by atoms with van der Waals surface area (Å²) in [6, 6.07) is 0. The number of rotatable bonds is 2. The van der Waals surface area contributed by atoms with E-state index >= 15 is 0 Å². The molecule has 1 saturated heterocycles. The van der Waals surface area contributed by atoms with Gasteiger partial charge in [-0.05, 0) is 18.2 Å². The lowest BCUT2D eigenvalue weighted by molar-refractivity contribution is 0.0827. The minimum Gasteiger partial charge on any atom is -0.316 e. The smallest absolute Gasteiger partial charge is 0.241 e. The van der Waals surface area contributed by atoms with Gasteiger partial charge in [0.1, 0.15) is 0 Å². The zero-order valence-corrected chi connectivity index (χ0v) is 8.32. The molecule has 2 heterocycles. The SMILES string of the molecule is Cn1nnc(C(=O)C2(C)CCNC2)n1. The average molecular weight is 195 g/mol. The van der Waals surface area contributed by atoms with Crippen LogP contribution in [0.5, 0.6) is 0 Å². The summed E-state index contributed by atoms with van der Waals surface area (Å²) >= 11 is 0. The number of aromatic nitrogens is 4. The van der Waals surface area contributed by atoms with Crippen LogP contribution in [0, 0.1) is 5.41 Å². The number of hydrogen-bond acceptors (Lipinski definition) is 5. The fraction of sp³-hybridized carbons (Fsp3) is 0.750. The molecular formula is C8H13N5O. The minimum atomic E-state index is -0.358. The first-order chi connectivity index (χ1) is 6.62. The summed E-state index contributed by atoms with van der Waals surface area (Å²) in [7, 11) is 1.65. The van der Waals surface area contributed by atoms with Crippen molar-refractivity contribution in [1.29, 1.82) is 0 Å². The van der Waals surface area contributed by atoms with E-state index < -0.39 is 0 Å². The molecule has 1 fully saturated rings. The lowest BCUT2D eigenvalue weighted by Gasteiger charge is -2.17. The lowest BCUT2D eigenvalue weighted by atomic mass is 9.84. The Kier molecular flexibility index (Phi) is 2.07. The monoisotopic (exact) mass is 195 g/mol. The Balaban J connectivity index is 2.23. The third-order valence-corrected chi connectivity index (χ3v) is 2.63. The third kappa shape index (κ3) is 1.41. The molecule has 1 aromatic heterocycles. The summed E-state index contributed by atoms with van der Waals surface area (Å²) in [5.41, 5.74) is -0.358. The van der Waals surface area contributed by atoms with Crippen molar-refractivity contribution >= 4 is 5.78 Å². The van der Waals surface area contributed by atoms with Gasteiger partial charge in [0.2, 0.25) is 11.6 Å². The molecule has 14 heavy (non-hydrogen) atoms. The van der Waals surface area contributed by atoms with Gasteiger partial charge in [-0.2, -0.15) is 4.80 Å². The number of nitrogens with zero attached hydrogens (tertiary/aromatic N) is 4. The number of aryl methyl sites for hydroxylation is 1. The Morgan fingerprint density at radius 1 is 1.64 bits per heavy atom. The number of carbonyl (C=O) groups is 1. The van der Waals surface area contributed by atoms with Crippen molar-refractivity contribution in [3.8, 4) is 0 Å². The van der Waals surface area contributed by atoms with Crippen molar-refractivity contribution in [2.45, 2.75) is 13.3 Å². The molecular weight excluding hydrogens is 182 g/mol. The Hall–Kier alpha value is -1.30. The number of nitrogens with one attached hydrogen (secondary N) is 1. The van der Waals surface area contributed by atoms with Crippen LogP contribution in [-0.4, -0.2) is 39.1 Å². The highest BCUT2D eigenvalue weighted by Crippen LogP contribution is 2.27. The Morgan fingerprint density at radius 2 is 2.43 bits per heavy atom. The van der Waals surface area contributed by atoms with Crippen LogP contribution in [0.2, 0.25) is 0 Å². The van der Waals surface area contributed by atoms with Crippen LogP contribution in [0.4, 0.5) is 0 Å². The molecule has 0 aromatic carbocycles. The summed E-state index contributed by atoms with van der Waals surface area (Å²) in [5, 5.41) is 14.5. The number of ketones is 1. The van der Waals surface area contributed by atoms with Gasteiger partial charge >= 0.3 is 0 Å². The molecule has 1 unspecified atom stereocenters. The quantitative estimate of drug-likeness (QED) is 0.637. The van der Waals surface area contributed by atoms with Crippen molar-refractivity contribution in [2.75, 3.05) is 13.1 Å². The van der Waals surface area contributed by atoms with E-state index in [1.165, 1.54) is 4.80 Å². The Labute approximate surface area is 81.7 Å². The molecule has 2 rings (SSSR count). The van der Waals surface area contributed by atoms with Crippen molar-refractivity contribution in [1.82, 2.24) is 25.5 Å². The van der Waals surface area contributed by atoms with E-state index in [-0.39, 0.29) is 17.0 Å². The Morgan fingerprint density at radius 3 is 2.93 bits per heavy atom. The maximum absolute atomic E-state index is 12.0. The van der Waals surface area contributed by atoms with Crippen molar-refractivity contribution in [3.63, 3.8) is 0 Å². The van der Waals surface area contributed by atoms with Gasteiger partial charge < -0.3 is 5.32 Å². The van der Waals surface area contributed by atoms with Crippen molar-refractivity contribution in [2.24, 2.45) is 12.5 Å². The molecule has 0 aliphatic carbocycles. The molecule has 1 atom stereocenters. The number of tetrazole rings is 1. The first-order valence-corrected chi connectivity index (χ1v) is 4.61. The number of hydrogen-bond donors (Lipinski definition) is 1. The van der Waals surface area contributed by atoms with Crippen LogP contribution in [0.15, 0.2) is 0 Å². The molecule has 6 heteroatoms. The van der Waals surface area contributed by atoms with Crippen molar-refractivity contribution < 1.29 is 4.79 Å². The van der Waals surface area contributed by atoms with Gasteiger partial charge in [-0.1, -0.05) is 6.92 Å². The van der Waals surface area contributed by atoms with E-state index in [1.54, 1.807) is 7.05 Å². The van der Waals surface area contributed by atoms with E-state index in [4.69, 9.17) is 0 Å². The standard InChI is InChI=1S/C8H13N5O/c1-8(3-4-9-5-8)6(14)7-10-12-13(2)11-7/h9H,3-5H2,1-2H3. The molecule has 76 valence electrons. The number of Topliss-reactive ketones (excluding diaryl/α,β-unsaturated/α-hetero) is 1. The first kappa shape index (κ1) is 9.26. The molecule has 1 N–H and O–H groups in total. The van der Waals surface area contributed by atoms with Gasteiger partial charge in [0, 0.05) is 12.0 Å². The second-order valence-electron chi connectivity index (χ2n) is 3.92. The van der Waals surface area contributed by atoms with Crippen LogP contribution >= 0.6 is 0 Å². The normalized spacial score (nSPS) is 26.7. The van der Waals surface area contributed by atoms with Crippen LogP contribution in [0.3, 0.4) is 0 Å². The van der Waals surface area contributed by atoms with Gasteiger partial charge in [-0.15, -0.1) is 10.2 Å². The number of carbonyl (C=O) groups excluding carboxylic acids is 1. The summed E-state index contributed by atoms with van der Waals surface area (Å²) in [5.74, 6) is 0.203. The molecule has 6 nitrogen and oxygen atoms in total. The van der Waals surface area contributed by atoms with Crippen LogP contribution in [-0.2, 0) is 7.05 Å². The fourth-order valence-corrected chi connectivity index (χ4v) is 1.66. The van der Waals surface area contributed by atoms with Gasteiger partial charge in [0.05, 0.1) is 7.05 Å². The van der Waals surface area contributed by atoms with Gasteiger partial charge in [0.15, 0.2) is 0 Å². The highest BCUT2D eigenvalue weighted by Gasteiger charge is 2.38. The van der Waals surface area contributed by atoms with Gasteiger partial charge in [-0.25, -0.2) is 0 Å². The van der Waals surface area contributed by atoms with E-state index in [1.807, 2.05) is 6.92 Å². The predicted octanol–water partition coefficient (Wildman–Crippen LogP) is -0.608. The molecule has 0 radical (unpaired) electrons. The molecule has 1 aliphatic rings. The molecule has 0 saturated carbocycles. The second kappa shape index (κ2) is 3.13. The fourth-order valence-electron chi connectivity index (χ4n) is 1.66.